The van der Waals surface area contributed by atoms with Crippen molar-refractivity contribution in [2.24, 2.45) is 5.92 Å². The average molecular weight is 270 g/mol. The zero-order valence-corrected chi connectivity index (χ0v) is 11.2. The Hall–Kier alpha value is -1.55. The van der Waals surface area contributed by atoms with Crippen molar-refractivity contribution in [3.63, 3.8) is 0 Å². The van der Waals surface area contributed by atoms with E-state index in [0.717, 1.165) is 0 Å². The summed E-state index contributed by atoms with van der Waals surface area (Å²) in [4.78, 5) is 23.2. The zero-order chi connectivity index (χ0) is 13.5. The lowest BCUT2D eigenvalue weighted by Gasteiger charge is -2.10. The SMILES string of the molecule is CCOC(=O)c1cccc(NC(=O)C(C)CCl)c1. The van der Waals surface area contributed by atoms with Crippen molar-refractivity contribution in [2.75, 3.05) is 17.8 Å². The zero-order valence-electron chi connectivity index (χ0n) is 10.4. The van der Waals surface area contributed by atoms with E-state index < -0.39 is 5.97 Å². The molecule has 0 heterocycles. The van der Waals surface area contributed by atoms with Gasteiger partial charge in [-0.05, 0) is 25.1 Å². The first kappa shape index (κ1) is 14.5. The number of hydrogen-bond donors (Lipinski definition) is 1. The van der Waals surface area contributed by atoms with Crippen LogP contribution in [0.25, 0.3) is 0 Å². The first-order chi connectivity index (χ1) is 8.58. The first-order valence-corrected chi connectivity index (χ1v) is 6.26. The minimum Gasteiger partial charge on any atom is -0.462 e. The largest absolute Gasteiger partial charge is 0.462 e. The number of alkyl halides is 1. The van der Waals surface area contributed by atoms with Crippen molar-refractivity contribution in [1.82, 2.24) is 0 Å². The summed E-state index contributed by atoms with van der Waals surface area (Å²) in [6.45, 7) is 3.79. The maximum atomic E-state index is 11.6. The van der Waals surface area contributed by atoms with Gasteiger partial charge < -0.3 is 10.1 Å². The smallest absolute Gasteiger partial charge is 0.338 e. The molecule has 0 saturated heterocycles. The average Bonchev–Trinajstić information content (AvgIpc) is 2.38. The number of halogens is 1. The molecule has 5 heteroatoms. The summed E-state index contributed by atoms with van der Waals surface area (Å²) in [6, 6.07) is 6.62. The summed E-state index contributed by atoms with van der Waals surface area (Å²) in [5.41, 5.74) is 0.968. The third kappa shape index (κ3) is 4.04. The Labute approximate surface area is 111 Å². The second-order valence-corrected chi connectivity index (χ2v) is 4.15. The minimum absolute atomic E-state index is 0.175. The minimum atomic E-state index is -0.404. The van der Waals surface area contributed by atoms with E-state index in [4.69, 9.17) is 16.3 Å². The molecule has 0 aliphatic rings. The molecule has 1 atom stereocenters. The van der Waals surface area contributed by atoms with Crippen molar-refractivity contribution in [3.05, 3.63) is 29.8 Å². The topological polar surface area (TPSA) is 55.4 Å². The molecule has 1 unspecified atom stereocenters. The molecule has 1 N–H and O–H groups in total. The number of hydrogen-bond acceptors (Lipinski definition) is 3. The van der Waals surface area contributed by atoms with E-state index >= 15 is 0 Å². The van der Waals surface area contributed by atoms with Crippen LogP contribution < -0.4 is 5.32 Å². The molecule has 1 amide bonds. The third-order valence-corrected chi connectivity index (χ3v) is 2.78. The summed E-state index contributed by atoms with van der Waals surface area (Å²) < 4.78 is 4.88. The molecule has 0 spiro atoms. The van der Waals surface area contributed by atoms with Crippen molar-refractivity contribution in [1.29, 1.82) is 0 Å². The van der Waals surface area contributed by atoms with E-state index in [-0.39, 0.29) is 17.7 Å². The fourth-order valence-electron chi connectivity index (χ4n) is 1.27. The fourth-order valence-corrected chi connectivity index (χ4v) is 1.41. The number of ether oxygens (including phenoxy) is 1. The van der Waals surface area contributed by atoms with E-state index in [0.29, 0.717) is 17.9 Å². The van der Waals surface area contributed by atoms with Gasteiger partial charge in [0.15, 0.2) is 0 Å². The van der Waals surface area contributed by atoms with Gasteiger partial charge in [-0.3, -0.25) is 4.79 Å². The van der Waals surface area contributed by atoms with Crippen molar-refractivity contribution in [3.8, 4) is 0 Å². The highest BCUT2D eigenvalue weighted by Gasteiger charge is 2.12. The summed E-state index contributed by atoms with van der Waals surface area (Å²) in [6.07, 6.45) is 0. The van der Waals surface area contributed by atoms with Crippen molar-refractivity contribution >= 4 is 29.2 Å². The number of esters is 1. The molecule has 0 aliphatic carbocycles. The third-order valence-electron chi connectivity index (χ3n) is 2.32. The Kier molecular flexibility index (Phi) is 5.65. The van der Waals surface area contributed by atoms with Gasteiger partial charge in [-0.1, -0.05) is 13.0 Å². The molecule has 0 fully saturated rings. The lowest BCUT2D eigenvalue weighted by molar-refractivity contribution is -0.118. The molecular formula is C13H16ClNO3. The predicted molar refractivity (Wildman–Crippen MR) is 70.9 cm³/mol. The van der Waals surface area contributed by atoms with Gasteiger partial charge in [0.1, 0.15) is 0 Å². The number of rotatable bonds is 5. The monoisotopic (exact) mass is 269 g/mol. The van der Waals surface area contributed by atoms with Gasteiger partial charge in [-0.25, -0.2) is 4.79 Å². The predicted octanol–water partition coefficient (Wildman–Crippen LogP) is 2.68. The lowest BCUT2D eigenvalue weighted by Crippen LogP contribution is -2.21. The molecule has 0 aliphatic heterocycles. The molecule has 98 valence electrons. The summed E-state index contributed by atoms with van der Waals surface area (Å²) in [5, 5.41) is 2.70. The molecule has 0 radical (unpaired) electrons. The van der Waals surface area contributed by atoms with E-state index in [1.54, 1.807) is 38.1 Å². The van der Waals surface area contributed by atoms with Crippen molar-refractivity contribution < 1.29 is 14.3 Å². The Morgan fingerprint density at radius 3 is 2.78 bits per heavy atom. The highest BCUT2D eigenvalue weighted by Crippen LogP contribution is 2.13. The first-order valence-electron chi connectivity index (χ1n) is 5.72. The number of carbonyl (C=O) groups excluding carboxylic acids is 2. The second kappa shape index (κ2) is 7.01. The highest BCUT2D eigenvalue weighted by molar-refractivity contribution is 6.19. The van der Waals surface area contributed by atoms with Gasteiger partial charge in [0.05, 0.1) is 12.2 Å². The summed E-state index contributed by atoms with van der Waals surface area (Å²) >= 11 is 5.60. The van der Waals surface area contributed by atoms with Crippen LogP contribution in [0.15, 0.2) is 24.3 Å². The molecule has 0 aromatic heterocycles. The van der Waals surface area contributed by atoms with Gasteiger partial charge in [-0.15, -0.1) is 11.6 Å². The Morgan fingerprint density at radius 1 is 1.44 bits per heavy atom. The number of anilines is 1. The van der Waals surface area contributed by atoms with Crippen LogP contribution in [0.4, 0.5) is 5.69 Å². The Balaban J connectivity index is 2.76. The standard InChI is InChI=1S/C13H16ClNO3/c1-3-18-13(17)10-5-4-6-11(7-10)15-12(16)9(2)8-14/h4-7,9H,3,8H2,1-2H3,(H,15,16). The molecule has 0 saturated carbocycles. The Morgan fingerprint density at radius 2 is 2.17 bits per heavy atom. The second-order valence-electron chi connectivity index (χ2n) is 3.85. The molecule has 4 nitrogen and oxygen atoms in total. The van der Waals surface area contributed by atoms with Crippen LogP contribution in [-0.2, 0) is 9.53 Å². The van der Waals surface area contributed by atoms with Gasteiger partial charge in [-0.2, -0.15) is 0 Å². The fraction of sp³-hybridized carbons (Fsp3) is 0.385. The molecular weight excluding hydrogens is 254 g/mol. The lowest BCUT2D eigenvalue weighted by atomic mass is 10.1. The maximum absolute atomic E-state index is 11.6. The number of benzene rings is 1. The van der Waals surface area contributed by atoms with E-state index in [1.807, 2.05) is 0 Å². The van der Waals surface area contributed by atoms with Crippen LogP contribution in [0.3, 0.4) is 0 Å². The highest BCUT2D eigenvalue weighted by atomic mass is 35.5. The number of nitrogens with one attached hydrogen (secondary N) is 1. The molecule has 1 rings (SSSR count). The summed E-state index contributed by atoms with van der Waals surface area (Å²) in [7, 11) is 0. The van der Waals surface area contributed by atoms with E-state index in [1.165, 1.54) is 0 Å². The van der Waals surface area contributed by atoms with Crippen LogP contribution in [0.1, 0.15) is 24.2 Å². The quantitative estimate of drug-likeness (QED) is 0.660. The van der Waals surface area contributed by atoms with Gasteiger partial charge >= 0.3 is 5.97 Å². The maximum Gasteiger partial charge on any atom is 0.338 e. The van der Waals surface area contributed by atoms with E-state index in [2.05, 4.69) is 5.32 Å². The normalized spacial score (nSPS) is 11.7. The summed E-state index contributed by atoms with van der Waals surface area (Å²) in [5.74, 6) is -0.605. The van der Waals surface area contributed by atoms with Gasteiger partial charge in [0.25, 0.3) is 0 Å². The van der Waals surface area contributed by atoms with Crippen LogP contribution in [0, 0.1) is 5.92 Å². The molecule has 0 bridgehead atoms. The van der Waals surface area contributed by atoms with Gasteiger partial charge in [0, 0.05) is 17.5 Å². The van der Waals surface area contributed by atoms with Crippen LogP contribution in [0.5, 0.6) is 0 Å². The van der Waals surface area contributed by atoms with Gasteiger partial charge in [0.2, 0.25) is 5.91 Å². The van der Waals surface area contributed by atoms with Crippen LogP contribution >= 0.6 is 11.6 Å². The van der Waals surface area contributed by atoms with Crippen LogP contribution in [0.2, 0.25) is 0 Å². The van der Waals surface area contributed by atoms with Crippen LogP contribution in [-0.4, -0.2) is 24.4 Å². The molecule has 1 aromatic carbocycles. The molecule has 1 aromatic rings. The van der Waals surface area contributed by atoms with E-state index in [9.17, 15) is 9.59 Å². The molecule has 18 heavy (non-hydrogen) atoms. The number of carbonyl (C=O) groups is 2. The number of amides is 1. The van der Waals surface area contributed by atoms with Crippen molar-refractivity contribution in [2.45, 2.75) is 13.8 Å². The Bertz CT molecular complexity index is 434.